The molecule has 0 aliphatic carbocycles. The third-order valence-corrected chi connectivity index (χ3v) is 5.45. The lowest BCUT2D eigenvalue weighted by Crippen LogP contribution is -2.48. The predicted octanol–water partition coefficient (Wildman–Crippen LogP) is 2.44. The highest BCUT2D eigenvalue weighted by atomic mass is 35.5. The van der Waals surface area contributed by atoms with E-state index in [2.05, 4.69) is 31.8 Å². The fourth-order valence-corrected chi connectivity index (χ4v) is 3.91. The van der Waals surface area contributed by atoms with Gasteiger partial charge in [0.1, 0.15) is 12.1 Å². The SMILES string of the molecule is C[C@H](Nc1ncnc2ccnn12)c1cc2cccc(Cl)c2nc1N1CCNC(=O)C1. The van der Waals surface area contributed by atoms with Gasteiger partial charge in [-0.3, -0.25) is 4.79 Å². The fraction of sp³-hybridized carbons (Fsp3) is 0.250. The molecule has 10 heteroatoms. The monoisotopic (exact) mass is 422 g/mol. The van der Waals surface area contributed by atoms with Gasteiger partial charge in [-0.25, -0.2) is 15.0 Å². The fourth-order valence-electron chi connectivity index (χ4n) is 3.68. The highest BCUT2D eigenvalue weighted by Crippen LogP contribution is 2.33. The number of amides is 1. The first kappa shape index (κ1) is 18.6. The van der Waals surface area contributed by atoms with E-state index in [1.54, 1.807) is 10.7 Å². The molecule has 30 heavy (non-hydrogen) atoms. The minimum absolute atomic E-state index is 0.0251. The van der Waals surface area contributed by atoms with E-state index >= 15 is 0 Å². The van der Waals surface area contributed by atoms with Crippen LogP contribution in [0.2, 0.25) is 5.02 Å². The topological polar surface area (TPSA) is 100 Å². The minimum atomic E-state index is -0.164. The Morgan fingerprint density at radius 1 is 1.27 bits per heavy atom. The van der Waals surface area contributed by atoms with Crippen molar-refractivity contribution in [3.8, 4) is 0 Å². The number of halogens is 1. The van der Waals surface area contributed by atoms with Crippen molar-refractivity contribution in [3.05, 3.63) is 53.4 Å². The van der Waals surface area contributed by atoms with Crippen LogP contribution in [0, 0.1) is 0 Å². The summed E-state index contributed by atoms with van der Waals surface area (Å²) >= 11 is 6.41. The lowest BCUT2D eigenvalue weighted by Gasteiger charge is -2.31. The zero-order chi connectivity index (χ0) is 20.7. The molecule has 1 aromatic carbocycles. The molecule has 1 saturated heterocycles. The molecule has 3 aromatic heterocycles. The molecular weight excluding hydrogens is 404 g/mol. The summed E-state index contributed by atoms with van der Waals surface area (Å²) in [5.74, 6) is 1.28. The second kappa shape index (κ2) is 7.42. The molecule has 152 valence electrons. The smallest absolute Gasteiger partial charge is 0.239 e. The molecule has 1 aliphatic rings. The van der Waals surface area contributed by atoms with Gasteiger partial charge in [-0.15, -0.1) is 0 Å². The lowest BCUT2D eigenvalue weighted by atomic mass is 10.0. The molecule has 0 spiro atoms. The van der Waals surface area contributed by atoms with E-state index in [-0.39, 0.29) is 18.5 Å². The van der Waals surface area contributed by atoms with Crippen LogP contribution in [0.1, 0.15) is 18.5 Å². The van der Waals surface area contributed by atoms with Gasteiger partial charge < -0.3 is 15.5 Å². The van der Waals surface area contributed by atoms with Gasteiger partial charge in [0.15, 0.2) is 5.65 Å². The van der Waals surface area contributed by atoms with E-state index in [1.807, 2.05) is 36.1 Å². The van der Waals surface area contributed by atoms with E-state index in [1.165, 1.54) is 6.33 Å². The molecule has 1 aliphatic heterocycles. The molecule has 1 amide bonds. The molecule has 0 saturated carbocycles. The third kappa shape index (κ3) is 3.26. The van der Waals surface area contributed by atoms with Gasteiger partial charge >= 0.3 is 0 Å². The molecule has 4 heterocycles. The molecule has 9 nitrogen and oxygen atoms in total. The highest BCUT2D eigenvalue weighted by Gasteiger charge is 2.24. The Hall–Kier alpha value is -3.46. The first-order chi connectivity index (χ1) is 14.6. The van der Waals surface area contributed by atoms with E-state index in [9.17, 15) is 4.79 Å². The Morgan fingerprint density at radius 3 is 3.03 bits per heavy atom. The number of nitrogens with one attached hydrogen (secondary N) is 2. The molecule has 1 fully saturated rings. The standard InChI is InChI=1S/C20H19ClN8O/c1-12(26-20-24-11-23-16-5-6-25-29(16)20)14-9-13-3-2-4-15(21)18(13)27-19(14)28-8-7-22-17(30)10-28/h2-6,9,11-12H,7-8,10H2,1H3,(H,22,30)(H,23,24,26)/t12-/m0/s1. The zero-order valence-corrected chi connectivity index (χ0v) is 17.0. The summed E-state index contributed by atoms with van der Waals surface area (Å²) in [6.07, 6.45) is 3.18. The number of hydrogen-bond donors (Lipinski definition) is 2. The summed E-state index contributed by atoms with van der Waals surface area (Å²) in [5, 5.41) is 12.1. The Balaban J connectivity index is 1.60. The summed E-state index contributed by atoms with van der Waals surface area (Å²) < 4.78 is 1.65. The van der Waals surface area contributed by atoms with Crippen LogP contribution in [-0.4, -0.2) is 50.1 Å². The molecular formula is C20H19ClN8O. The van der Waals surface area contributed by atoms with Gasteiger partial charge in [-0.1, -0.05) is 23.7 Å². The number of nitrogens with zero attached hydrogens (tertiary/aromatic N) is 6. The average Bonchev–Trinajstić information content (AvgIpc) is 3.23. The van der Waals surface area contributed by atoms with Crippen LogP contribution in [0.5, 0.6) is 0 Å². The molecule has 4 aromatic rings. The number of anilines is 2. The number of pyridine rings is 1. The number of piperazine rings is 1. The summed E-state index contributed by atoms with van der Waals surface area (Å²) in [6.45, 7) is 3.52. The molecule has 2 N–H and O–H groups in total. The second-order valence-corrected chi connectivity index (χ2v) is 7.56. The van der Waals surface area contributed by atoms with Crippen LogP contribution in [-0.2, 0) is 4.79 Å². The summed E-state index contributed by atoms with van der Waals surface area (Å²) in [7, 11) is 0. The van der Waals surface area contributed by atoms with Gasteiger partial charge in [-0.05, 0) is 19.1 Å². The van der Waals surface area contributed by atoms with Crippen LogP contribution in [0.3, 0.4) is 0 Å². The first-order valence-corrected chi connectivity index (χ1v) is 10.00. The number of benzene rings is 1. The van der Waals surface area contributed by atoms with Crippen LogP contribution in [0.4, 0.5) is 11.8 Å². The highest BCUT2D eigenvalue weighted by molar-refractivity contribution is 6.35. The molecule has 0 unspecified atom stereocenters. The Kier molecular flexibility index (Phi) is 4.59. The summed E-state index contributed by atoms with van der Waals surface area (Å²) in [6, 6.07) is 9.42. The van der Waals surface area contributed by atoms with Gasteiger partial charge in [0.05, 0.1) is 29.3 Å². The molecule has 0 bridgehead atoms. The van der Waals surface area contributed by atoms with Crippen LogP contribution in [0.25, 0.3) is 16.6 Å². The number of carbonyl (C=O) groups excluding carboxylic acids is 1. The number of rotatable bonds is 4. The van der Waals surface area contributed by atoms with Gasteiger partial charge in [0, 0.05) is 30.1 Å². The van der Waals surface area contributed by atoms with Gasteiger partial charge in [0.2, 0.25) is 11.9 Å². The number of para-hydroxylation sites is 1. The second-order valence-electron chi connectivity index (χ2n) is 7.15. The maximum atomic E-state index is 12.0. The van der Waals surface area contributed by atoms with Crippen molar-refractivity contribution in [2.45, 2.75) is 13.0 Å². The van der Waals surface area contributed by atoms with Crippen molar-refractivity contribution in [1.29, 1.82) is 0 Å². The summed E-state index contributed by atoms with van der Waals surface area (Å²) in [4.78, 5) is 27.4. The zero-order valence-electron chi connectivity index (χ0n) is 16.2. The van der Waals surface area contributed by atoms with E-state index < -0.39 is 0 Å². The maximum Gasteiger partial charge on any atom is 0.239 e. The maximum absolute atomic E-state index is 12.0. The Morgan fingerprint density at radius 2 is 2.17 bits per heavy atom. The van der Waals surface area contributed by atoms with E-state index in [0.717, 1.165) is 16.8 Å². The Bertz CT molecular complexity index is 1260. The van der Waals surface area contributed by atoms with Crippen LogP contribution >= 0.6 is 11.6 Å². The van der Waals surface area contributed by atoms with Crippen molar-refractivity contribution in [2.24, 2.45) is 0 Å². The molecule has 0 radical (unpaired) electrons. The Labute approximate surface area is 177 Å². The van der Waals surface area contributed by atoms with Crippen molar-refractivity contribution in [1.82, 2.24) is 29.9 Å². The van der Waals surface area contributed by atoms with Crippen molar-refractivity contribution >= 4 is 45.8 Å². The lowest BCUT2D eigenvalue weighted by molar-refractivity contribution is -0.120. The van der Waals surface area contributed by atoms with E-state index in [0.29, 0.717) is 35.2 Å². The third-order valence-electron chi connectivity index (χ3n) is 5.15. The van der Waals surface area contributed by atoms with Crippen LogP contribution in [0.15, 0.2) is 42.9 Å². The number of hydrogen-bond acceptors (Lipinski definition) is 7. The van der Waals surface area contributed by atoms with Crippen molar-refractivity contribution < 1.29 is 4.79 Å². The molecule has 5 rings (SSSR count). The van der Waals surface area contributed by atoms with Crippen molar-refractivity contribution in [2.75, 3.05) is 29.9 Å². The quantitative estimate of drug-likeness (QED) is 0.521. The van der Waals surface area contributed by atoms with Gasteiger partial charge in [-0.2, -0.15) is 9.61 Å². The van der Waals surface area contributed by atoms with Crippen LogP contribution < -0.4 is 15.5 Å². The number of carbonyl (C=O) groups is 1. The largest absolute Gasteiger partial charge is 0.353 e. The van der Waals surface area contributed by atoms with Gasteiger partial charge in [0.25, 0.3) is 0 Å². The van der Waals surface area contributed by atoms with Crippen molar-refractivity contribution in [3.63, 3.8) is 0 Å². The minimum Gasteiger partial charge on any atom is -0.353 e. The number of fused-ring (bicyclic) bond motifs is 2. The van der Waals surface area contributed by atoms with E-state index in [4.69, 9.17) is 16.6 Å². The average molecular weight is 423 g/mol. The predicted molar refractivity (Wildman–Crippen MR) is 115 cm³/mol. The summed E-state index contributed by atoms with van der Waals surface area (Å²) in [5.41, 5.74) is 2.36. The molecule has 1 atom stereocenters. The number of aromatic nitrogens is 5. The normalized spacial score (nSPS) is 15.4. The first-order valence-electron chi connectivity index (χ1n) is 9.62.